The van der Waals surface area contributed by atoms with Gasteiger partial charge in [0, 0.05) is 20.2 Å². The molecule has 1 aromatic carbocycles. The maximum absolute atomic E-state index is 12.4. The van der Waals surface area contributed by atoms with Gasteiger partial charge >= 0.3 is 6.03 Å². The van der Waals surface area contributed by atoms with Crippen LogP contribution >= 0.6 is 0 Å². The molecule has 2 N–H and O–H groups in total. The van der Waals surface area contributed by atoms with Crippen molar-refractivity contribution in [1.29, 1.82) is 0 Å². The summed E-state index contributed by atoms with van der Waals surface area (Å²) in [6.45, 7) is 2.79. The van der Waals surface area contributed by atoms with Crippen LogP contribution in [0.15, 0.2) is 42.6 Å². The van der Waals surface area contributed by atoms with Gasteiger partial charge in [0.2, 0.25) is 5.88 Å². The maximum Gasteiger partial charge on any atom is 0.322 e. The average molecular weight is 345 g/mol. The molecule has 0 bridgehead atoms. The summed E-state index contributed by atoms with van der Waals surface area (Å²) >= 11 is 0. The van der Waals surface area contributed by atoms with Crippen LogP contribution in [-0.2, 0) is 4.74 Å². The molecule has 0 saturated carbocycles. The number of carbonyl (C=O) groups excluding carboxylic acids is 1. The fraction of sp³-hybridized carbons (Fsp3) is 0.333. The van der Waals surface area contributed by atoms with Gasteiger partial charge in [0.25, 0.3) is 0 Å². The standard InChI is InChI=1S/C18H23N3O4/c1-13(14-5-4-6-16(22)11-14)21(2)18(23)20-15-7-8-17(19-12-15)25-10-9-24-3/h4-8,11-13,22H,9-10H2,1-3H3,(H,20,23). The number of carbonyl (C=O) groups is 1. The fourth-order valence-electron chi connectivity index (χ4n) is 2.16. The van der Waals surface area contributed by atoms with E-state index in [2.05, 4.69) is 10.3 Å². The van der Waals surface area contributed by atoms with Crippen molar-refractivity contribution in [3.63, 3.8) is 0 Å². The number of urea groups is 1. The number of ether oxygens (including phenoxy) is 2. The molecule has 0 aliphatic rings. The predicted molar refractivity (Wildman–Crippen MR) is 94.9 cm³/mol. The lowest BCUT2D eigenvalue weighted by atomic mass is 10.1. The summed E-state index contributed by atoms with van der Waals surface area (Å²) < 4.78 is 10.3. The van der Waals surface area contributed by atoms with E-state index in [0.29, 0.717) is 24.8 Å². The first-order valence-corrected chi connectivity index (χ1v) is 7.92. The van der Waals surface area contributed by atoms with Crippen LogP contribution in [0.2, 0.25) is 0 Å². The molecular weight excluding hydrogens is 322 g/mol. The Bertz CT molecular complexity index is 691. The van der Waals surface area contributed by atoms with E-state index >= 15 is 0 Å². The number of pyridine rings is 1. The van der Waals surface area contributed by atoms with Gasteiger partial charge in [-0.25, -0.2) is 9.78 Å². The van der Waals surface area contributed by atoms with Crippen molar-refractivity contribution in [1.82, 2.24) is 9.88 Å². The number of nitrogens with one attached hydrogen (secondary N) is 1. The molecule has 0 spiro atoms. The molecule has 1 aromatic heterocycles. The molecule has 1 heterocycles. The quantitative estimate of drug-likeness (QED) is 0.754. The second kappa shape index (κ2) is 8.89. The number of aromatic nitrogens is 1. The largest absolute Gasteiger partial charge is 0.508 e. The minimum atomic E-state index is -0.273. The number of phenolic OH excluding ortho intramolecular Hbond substituents is 1. The monoisotopic (exact) mass is 345 g/mol. The van der Waals surface area contributed by atoms with Crippen molar-refractivity contribution >= 4 is 11.7 Å². The Morgan fingerprint density at radius 3 is 2.76 bits per heavy atom. The molecule has 134 valence electrons. The summed E-state index contributed by atoms with van der Waals surface area (Å²) in [6, 6.07) is 9.79. The highest BCUT2D eigenvalue weighted by Gasteiger charge is 2.18. The summed E-state index contributed by atoms with van der Waals surface area (Å²) in [4.78, 5) is 18.1. The summed E-state index contributed by atoms with van der Waals surface area (Å²) in [7, 11) is 3.30. The number of methoxy groups -OCH3 is 1. The van der Waals surface area contributed by atoms with Crippen molar-refractivity contribution in [3.8, 4) is 11.6 Å². The van der Waals surface area contributed by atoms with E-state index in [-0.39, 0.29) is 17.8 Å². The van der Waals surface area contributed by atoms with E-state index in [0.717, 1.165) is 5.56 Å². The molecule has 0 radical (unpaired) electrons. The highest BCUT2D eigenvalue weighted by molar-refractivity contribution is 5.89. The van der Waals surface area contributed by atoms with Crippen LogP contribution in [0.5, 0.6) is 11.6 Å². The Morgan fingerprint density at radius 1 is 1.32 bits per heavy atom. The highest BCUT2D eigenvalue weighted by atomic mass is 16.5. The van der Waals surface area contributed by atoms with Crippen LogP contribution in [0, 0.1) is 0 Å². The fourth-order valence-corrected chi connectivity index (χ4v) is 2.16. The molecule has 2 rings (SSSR count). The first-order chi connectivity index (χ1) is 12.0. The molecule has 2 aromatic rings. The molecule has 0 aliphatic heterocycles. The maximum atomic E-state index is 12.4. The van der Waals surface area contributed by atoms with Crippen LogP contribution in [0.3, 0.4) is 0 Å². The minimum absolute atomic E-state index is 0.173. The van der Waals surface area contributed by atoms with Gasteiger partial charge in [0.05, 0.1) is 24.5 Å². The van der Waals surface area contributed by atoms with Gasteiger partial charge in [-0.15, -0.1) is 0 Å². The Balaban J connectivity index is 1.94. The molecule has 25 heavy (non-hydrogen) atoms. The lowest BCUT2D eigenvalue weighted by Gasteiger charge is -2.25. The normalized spacial score (nSPS) is 11.6. The molecule has 0 saturated heterocycles. The number of phenols is 1. The molecule has 0 fully saturated rings. The molecule has 1 atom stereocenters. The van der Waals surface area contributed by atoms with Crippen molar-refractivity contribution in [2.24, 2.45) is 0 Å². The molecule has 7 nitrogen and oxygen atoms in total. The topological polar surface area (TPSA) is 83.9 Å². The number of nitrogens with zero attached hydrogens (tertiary/aromatic N) is 2. The third-order valence-electron chi connectivity index (χ3n) is 3.78. The number of amides is 2. The number of aromatic hydroxyl groups is 1. The van der Waals surface area contributed by atoms with E-state index < -0.39 is 0 Å². The van der Waals surface area contributed by atoms with Crippen LogP contribution < -0.4 is 10.1 Å². The van der Waals surface area contributed by atoms with Crippen molar-refractivity contribution < 1.29 is 19.4 Å². The Morgan fingerprint density at radius 2 is 2.12 bits per heavy atom. The Labute approximate surface area is 147 Å². The molecule has 7 heteroatoms. The lowest BCUT2D eigenvalue weighted by molar-refractivity contribution is 0.144. The van der Waals surface area contributed by atoms with E-state index in [1.54, 1.807) is 49.4 Å². The van der Waals surface area contributed by atoms with Crippen LogP contribution in [0.4, 0.5) is 10.5 Å². The average Bonchev–Trinajstić information content (AvgIpc) is 2.62. The van der Waals surface area contributed by atoms with Gasteiger partial charge in [0.1, 0.15) is 12.4 Å². The summed E-state index contributed by atoms with van der Waals surface area (Å²) in [5.41, 5.74) is 1.41. The summed E-state index contributed by atoms with van der Waals surface area (Å²) in [6.07, 6.45) is 1.53. The van der Waals surface area contributed by atoms with Gasteiger partial charge in [-0.1, -0.05) is 12.1 Å². The summed E-state index contributed by atoms with van der Waals surface area (Å²) in [5, 5.41) is 12.4. The number of rotatable bonds is 7. The molecule has 0 aliphatic carbocycles. The zero-order valence-corrected chi connectivity index (χ0v) is 14.6. The van der Waals surface area contributed by atoms with Gasteiger partial charge in [-0.05, 0) is 30.7 Å². The minimum Gasteiger partial charge on any atom is -0.508 e. The highest BCUT2D eigenvalue weighted by Crippen LogP contribution is 2.23. The van der Waals surface area contributed by atoms with E-state index in [4.69, 9.17) is 9.47 Å². The molecule has 2 amide bonds. The molecule has 1 unspecified atom stereocenters. The zero-order valence-electron chi connectivity index (χ0n) is 14.6. The van der Waals surface area contributed by atoms with Gasteiger partial charge < -0.3 is 24.8 Å². The number of hydrogen-bond donors (Lipinski definition) is 2. The van der Waals surface area contributed by atoms with Crippen molar-refractivity contribution in [2.45, 2.75) is 13.0 Å². The first kappa shape index (κ1) is 18.5. The second-order valence-corrected chi connectivity index (χ2v) is 5.54. The summed E-state index contributed by atoms with van der Waals surface area (Å²) in [5.74, 6) is 0.642. The number of benzene rings is 1. The van der Waals surface area contributed by atoms with E-state index in [1.165, 1.54) is 6.20 Å². The Hall–Kier alpha value is -2.80. The van der Waals surface area contributed by atoms with Gasteiger partial charge in [0.15, 0.2) is 0 Å². The number of anilines is 1. The Kier molecular flexibility index (Phi) is 6.59. The van der Waals surface area contributed by atoms with E-state index in [9.17, 15) is 9.90 Å². The van der Waals surface area contributed by atoms with E-state index in [1.807, 2.05) is 13.0 Å². The third kappa shape index (κ3) is 5.36. The van der Waals surface area contributed by atoms with Gasteiger partial charge in [-0.2, -0.15) is 0 Å². The van der Waals surface area contributed by atoms with Crippen molar-refractivity contribution in [2.75, 3.05) is 32.7 Å². The predicted octanol–water partition coefficient (Wildman–Crippen LogP) is 3.04. The SMILES string of the molecule is COCCOc1ccc(NC(=O)N(C)C(C)c2cccc(O)c2)cn1. The van der Waals surface area contributed by atoms with Crippen LogP contribution in [0.25, 0.3) is 0 Å². The third-order valence-corrected chi connectivity index (χ3v) is 3.78. The molecular formula is C18H23N3O4. The van der Waals surface area contributed by atoms with Crippen LogP contribution in [-0.4, -0.2) is 48.4 Å². The van der Waals surface area contributed by atoms with Crippen LogP contribution in [0.1, 0.15) is 18.5 Å². The zero-order chi connectivity index (χ0) is 18.2. The van der Waals surface area contributed by atoms with Crippen molar-refractivity contribution in [3.05, 3.63) is 48.2 Å². The lowest BCUT2D eigenvalue weighted by Crippen LogP contribution is -2.33. The second-order valence-electron chi connectivity index (χ2n) is 5.54. The smallest absolute Gasteiger partial charge is 0.322 e. The number of hydrogen-bond acceptors (Lipinski definition) is 5. The van der Waals surface area contributed by atoms with Gasteiger partial charge in [-0.3, -0.25) is 0 Å². The first-order valence-electron chi connectivity index (χ1n) is 7.92.